The van der Waals surface area contributed by atoms with Crippen LogP contribution in [-0.4, -0.2) is 25.4 Å². The fourth-order valence-electron chi connectivity index (χ4n) is 4.21. The van der Waals surface area contributed by atoms with Gasteiger partial charge in [0.05, 0.1) is 11.3 Å². The number of carbonyl (C=O) groups is 1. The molecule has 0 spiro atoms. The number of thioether (sulfide) groups is 1. The van der Waals surface area contributed by atoms with E-state index in [1.54, 1.807) is 22.5 Å². The van der Waals surface area contributed by atoms with Gasteiger partial charge in [0.1, 0.15) is 0 Å². The summed E-state index contributed by atoms with van der Waals surface area (Å²) in [6, 6.07) is 17.2. The fourth-order valence-corrected chi connectivity index (χ4v) is 4.99. The highest BCUT2D eigenvalue weighted by molar-refractivity contribution is 7.98. The Hall–Kier alpha value is -2.99. The molecular formula is C26H26N4OS. The average Bonchev–Trinajstić information content (AvgIpc) is 3.22. The molecule has 5 rings (SSSR count). The Morgan fingerprint density at radius 3 is 2.53 bits per heavy atom. The lowest BCUT2D eigenvalue weighted by molar-refractivity contribution is 0.0962. The average molecular weight is 443 g/mol. The maximum Gasteiger partial charge on any atom is 0.253 e. The molecule has 2 heterocycles. The topological polar surface area (TPSA) is 60.1 Å². The largest absolute Gasteiger partial charge is 0.294 e. The minimum Gasteiger partial charge on any atom is -0.294 e. The molecule has 2 aromatic heterocycles. The van der Waals surface area contributed by atoms with Crippen LogP contribution in [0.5, 0.6) is 0 Å². The molecule has 0 bridgehead atoms. The van der Waals surface area contributed by atoms with Gasteiger partial charge < -0.3 is 0 Å². The van der Waals surface area contributed by atoms with Gasteiger partial charge >= 0.3 is 0 Å². The van der Waals surface area contributed by atoms with Crippen molar-refractivity contribution >= 4 is 23.3 Å². The van der Waals surface area contributed by atoms with Gasteiger partial charge in [0.25, 0.3) is 5.78 Å². The van der Waals surface area contributed by atoms with Gasteiger partial charge in [-0.25, -0.2) is 4.98 Å². The van der Waals surface area contributed by atoms with Gasteiger partial charge in [0, 0.05) is 18.4 Å². The lowest BCUT2D eigenvalue weighted by atomic mass is 9.81. The zero-order chi connectivity index (χ0) is 22.2. The number of hydrogen-bond donors (Lipinski definition) is 0. The second kappa shape index (κ2) is 8.51. The highest BCUT2D eigenvalue weighted by Gasteiger charge is 2.29. The summed E-state index contributed by atoms with van der Waals surface area (Å²) < 4.78 is 1.78. The van der Waals surface area contributed by atoms with Crippen LogP contribution in [0.3, 0.4) is 0 Å². The van der Waals surface area contributed by atoms with Crippen LogP contribution in [0, 0.1) is 6.92 Å². The second-order valence-electron chi connectivity index (χ2n) is 8.85. The van der Waals surface area contributed by atoms with Crippen molar-refractivity contribution in [1.29, 1.82) is 0 Å². The predicted octanol–water partition coefficient (Wildman–Crippen LogP) is 5.76. The molecule has 1 aliphatic rings. The lowest BCUT2D eigenvalue weighted by Gasteiger charge is -2.24. The summed E-state index contributed by atoms with van der Waals surface area (Å²) in [6.45, 7) is 6.47. The van der Waals surface area contributed by atoms with Gasteiger partial charge in [-0.15, -0.1) is 5.10 Å². The van der Waals surface area contributed by atoms with Crippen molar-refractivity contribution in [3.8, 4) is 0 Å². The fraction of sp³-hybridized carbons (Fsp3) is 0.308. The maximum absolute atomic E-state index is 12.9. The van der Waals surface area contributed by atoms with Gasteiger partial charge in [-0.05, 0) is 41.9 Å². The van der Waals surface area contributed by atoms with E-state index in [4.69, 9.17) is 5.10 Å². The van der Waals surface area contributed by atoms with Crippen LogP contribution in [-0.2, 0) is 12.2 Å². The van der Waals surface area contributed by atoms with Crippen molar-refractivity contribution in [1.82, 2.24) is 19.6 Å². The molecule has 1 unspecified atom stereocenters. The minimum atomic E-state index is 0.128. The van der Waals surface area contributed by atoms with E-state index in [9.17, 15) is 4.79 Å². The summed E-state index contributed by atoms with van der Waals surface area (Å²) in [6.07, 6.45) is 2.94. The van der Waals surface area contributed by atoms with E-state index in [1.807, 2.05) is 0 Å². The number of carbonyl (C=O) groups excluding carboxylic acids is 1. The highest BCUT2D eigenvalue weighted by atomic mass is 32.2. The number of aromatic nitrogens is 4. The maximum atomic E-state index is 12.9. The van der Waals surface area contributed by atoms with Gasteiger partial charge in [-0.1, -0.05) is 79.7 Å². The van der Waals surface area contributed by atoms with E-state index < -0.39 is 0 Å². The van der Waals surface area contributed by atoms with Crippen molar-refractivity contribution in [2.75, 3.05) is 0 Å². The van der Waals surface area contributed by atoms with Crippen molar-refractivity contribution < 1.29 is 4.79 Å². The number of benzene rings is 2. The van der Waals surface area contributed by atoms with E-state index >= 15 is 0 Å². The summed E-state index contributed by atoms with van der Waals surface area (Å²) >= 11 is 1.59. The molecule has 0 saturated heterocycles. The van der Waals surface area contributed by atoms with E-state index in [1.165, 1.54) is 22.3 Å². The molecule has 0 amide bonds. The first-order valence-electron chi connectivity index (χ1n) is 11.0. The molecule has 1 atom stereocenters. The zero-order valence-corrected chi connectivity index (χ0v) is 19.4. The highest BCUT2D eigenvalue weighted by Crippen LogP contribution is 2.33. The smallest absolute Gasteiger partial charge is 0.253 e. The Labute approximate surface area is 192 Å². The summed E-state index contributed by atoms with van der Waals surface area (Å²) in [7, 11) is 0. The minimum absolute atomic E-state index is 0.128. The van der Waals surface area contributed by atoms with Crippen molar-refractivity contribution in [3.05, 3.63) is 88.2 Å². The van der Waals surface area contributed by atoms with Gasteiger partial charge in [-0.2, -0.15) is 9.50 Å². The SMILES string of the molecule is Cc1ccc(CSc2nc3ncc4c(n3n2)CC(c2ccc(C(C)C)cc2)CC4=O)cc1. The number of aryl methyl sites for hydroxylation is 1. The second-order valence-corrected chi connectivity index (χ2v) is 9.79. The molecule has 162 valence electrons. The number of hydrogen-bond acceptors (Lipinski definition) is 5. The molecule has 6 heteroatoms. The third kappa shape index (κ3) is 4.07. The zero-order valence-electron chi connectivity index (χ0n) is 18.6. The molecule has 32 heavy (non-hydrogen) atoms. The van der Waals surface area contributed by atoms with Crippen LogP contribution >= 0.6 is 11.8 Å². The summed E-state index contributed by atoms with van der Waals surface area (Å²) in [5.41, 5.74) is 6.58. The van der Waals surface area contributed by atoms with E-state index in [-0.39, 0.29) is 11.7 Å². The van der Waals surface area contributed by atoms with Crippen LogP contribution in [0.2, 0.25) is 0 Å². The molecule has 0 fully saturated rings. The quantitative estimate of drug-likeness (QED) is 0.368. The Kier molecular flexibility index (Phi) is 5.55. The molecular weight excluding hydrogens is 416 g/mol. The lowest BCUT2D eigenvalue weighted by Crippen LogP contribution is -2.22. The first-order valence-corrected chi connectivity index (χ1v) is 12.0. The molecule has 1 aliphatic carbocycles. The van der Waals surface area contributed by atoms with Crippen molar-refractivity contribution in [2.45, 2.75) is 56.4 Å². The Morgan fingerprint density at radius 1 is 1.06 bits per heavy atom. The van der Waals surface area contributed by atoms with E-state index in [0.29, 0.717) is 28.8 Å². The molecule has 0 radical (unpaired) electrons. The third-order valence-electron chi connectivity index (χ3n) is 6.18. The summed E-state index contributed by atoms with van der Waals surface area (Å²) in [4.78, 5) is 21.9. The predicted molar refractivity (Wildman–Crippen MR) is 127 cm³/mol. The first-order chi connectivity index (χ1) is 15.5. The summed E-state index contributed by atoms with van der Waals surface area (Å²) in [5, 5.41) is 5.40. The monoisotopic (exact) mass is 442 g/mol. The van der Waals surface area contributed by atoms with E-state index in [0.717, 1.165) is 17.9 Å². The van der Waals surface area contributed by atoms with Crippen LogP contribution in [0.15, 0.2) is 59.9 Å². The molecule has 0 aliphatic heterocycles. The number of fused-ring (bicyclic) bond motifs is 3. The van der Waals surface area contributed by atoms with Gasteiger partial charge in [0.2, 0.25) is 5.16 Å². The van der Waals surface area contributed by atoms with Gasteiger partial charge in [-0.3, -0.25) is 4.79 Å². The van der Waals surface area contributed by atoms with Crippen molar-refractivity contribution in [3.63, 3.8) is 0 Å². The van der Waals surface area contributed by atoms with Gasteiger partial charge in [0.15, 0.2) is 5.78 Å². The van der Waals surface area contributed by atoms with Crippen LogP contribution in [0.1, 0.15) is 70.4 Å². The number of rotatable bonds is 5. The van der Waals surface area contributed by atoms with Crippen LogP contribution < -0.4 is 0 Å². The van der Waals surface area contributed by atoms with Crippen LogP contribution in [0.4, 0.5) is 0 Å². The summed E-state index contributed by atoms with van der Waals surface area (Å²) in [5.74, 6) is 2.12. The Balaban J connectivity index is 1.42. The molecule has 0 N–H and O–H groups in total. The normalized spacial score (nSPS) is 16.0. The van der Waals surface area contributed by atoms with Crippen molar-refractivity contribution in [2.24, 2.45) is 0 Å². The molecule has 4 aromatic rings. The molecule has 0 saturated carbocycles. The Morgan fingerprint density at radius 2 is 1.81 bits per heavy atom. The first kappa shape index (κ1) is 20.9. The number of Topliss-reactive ketones (excluding diaryl/α,β-unsaturated/α-hetero) is 1. The molecule has 2 aromatic carbocycles. The standard InChI is InChI=1S/C26H26N4OS/c1-16(2)19-8-10-20(11-9-19)21-12-23-22(24(31)13-21)14-27-25-28-26(29-30(23)25)32-15-18-6-4-17(3)5-7-18/h4-11,14,16,21H,12-13,15H2,1-3H3. The molecule has 5 nitrogen and oxygen atoms in total. The van der Waals surface area contributed by atoms with E-state index in [2.05, 4.69) is 79.3 Å². The number of nitrogens with zero attached hydrogens (tertiary/aromatic N) is 4. The number of ketones is 1. The van der Waals surface area contributed by atoms with Crippen LogP contribution in [0.25, 0.3) is 5.78 Å². The Bertz CT molecular complexity index is 1280. The third-order valence-corrected chi connectivity index (χ3v) is 7.09.